The molecule has 0 aliphatic rings. The summed E-state index contributed by atoms with van der Waals surface area (Å²) >= 11 is 6.11. The minimum Gasteiger partial charge on any atom is -0.438 e. The van der Waals surface area contributed by atoms with Crippen molar-refractivity contribution < 1.29 is 4.42 Å². The van der Waals surface area contributed by atoms with E-state index in [9.17, 15) is 0 Å². The summed E-state index contributed by atoms with van der Waals surface area (Å²) in [4.78, 5) is 4.56. The molecule has 3 rings (SSSR count). The average Bonchev–Trinajstić information content (AvgIpc) is 2.94. The van der Waals surface area contributed by atoms with Gasteiger partial charge in [-0.1, -0.05) is 60.7 Å². The summed E-state index contributed by atoms with van der Waals surface area (Å²) in [5.41, 5.74) is 2.86. The molecule has 0 saturated carbocycles. The first-order valence-corrected chi connectivity index (χ1v) is 6.95. The minimum atomic E-state index is -0.255. The first-order valence-electron chi connectivity index (χ1n) is 6.51. The van der Waals surface area contributed by atoms with Crippen LogP contribution in [0.4, 0.5) is 0 Å². The molecule has 0 N–H and O–H groups in total. The zero-order valence-corrected chi connectivity index (χ0v) is 11.8. The van der Waals surface area contributed by atoms with Crippen molar-refractivity contribution in [3.63, 3.8) is 0 Å². The second-order valence-corrected chi connectivity index (χ2v) is 5.23. The molecular weight excluding hydrogens is 270 g/mol. The van der Waals surface area contributed by atoms with Crippen LogP contribution in [0.15, 0.2) is 65.1 Å². The Bertz CT molecular complexity index is 633. The summed E-state index contributed by atoms with van der Waals surface area (Å²) in [7, 11) is 0. The monoisotopic (exact) mass is 283 g/mol. The number of halogens is 1. The Balaban J connectivity index is 2.18. The maximum Gasteiger partial charge on any atom is 0.213 e. The molecule has 20 heavy (non-hydrogen) atoms. The van der Waals surface area contributed by atoms with Crippen LogP contribution in [0.5, 0.6) is 0 Å². The number of rotatable bonds is 3. The van der Waals surface area contributed by atoms with E-state index >= 15 is 0 Å². The van der Waals surface area contributed by atoms with Crippen molar-refractivity contribution in [2.45, 2.75) is 12.3 Å². The average molecular weight is 284 g/mol. The van der Waals surface area contributed by atoms with Crippen molar-refractivity contribution in [2.75, 3.05) is 0 Å². The van der Waals surface area contributed by atoms with Gasteiger partial charge in [0.25, 0.3) is 0 Å². The van der Waals surface area contributed by atoms with Crippen molar-refractivity contribution in [1.29, 1.82) is 0 Å². The lowest BCUT2D eigenvalue weighted by Gasteiger charge is -2.00. The molecule has 2 aromatic carbocycles. The van der Waals surface area contributed by atoms with Gasteiger partial charge >= 0.3 is 0 Å². The second kappa shape index (κ2) is 5.51. The lowest BCUT2D eigenvalue weighted by molar-refractivity contribution is 0.508. The van der Waals surface area contributed by atoms with Gasteiger partial charge in [0.15, 0.2) is 5.76 Å². The highest BCUT2D eigenvalue weighted by molar-refractivity contribution is 6.20. The molecule has 0 spiro atoms. The van der Waals surface area contributed by atoms with Gasteiger partial charge in [-0.05, 0) is 6.92 Å². The van der Waals surface area contributed by atoms with Crippen LogP contribution in [0.25, 0.3) is 22.6 Å². The van der Waals surface area contributed by atoms with E-state index in [2.05, 4.69) is 4.98 Å². The van der Waals surface area contributed by atoms with E-state index in [1.807, 2.05) is 67.6 Å². The SMILES string of the molecule is CC(Cl)c1nc(-c2ccccc2)c(-c2ccccc2)o1. The molecule has 0 amide bonds. The molecule has 1 atom stereocenters. The predicted octanol–water partition coefficient (Wildman–Crippen LogP) is 5.31. The fourth-order valence-corrected chi connectivity index (χ4v) is 2.18. The van der Waals surface area contributed by atoms with E-state index in [4.69, 9.17) is 16.0 Å². The molecule has 1 aromatic heterocycles. The lowest BCUT2D eigenvalue weighted by Crippen LogP contribution is -1.84. The van der Waals surface area contributed by atoms with Crippen LogP contribution >= 0.6 is 11.6 Å². The molecular formula is C17H14ClNO. The summed E-state index contributed by atoms with van der Waals surface area (Å²) in [6.45, 7) is 1.86. The summed E-state index contributed by atoms with van der Waals surface area (Å²) in [6, 6.07) is 20.0. The number of hydrogen-bond acceptors (Lipinski definition) is 2. The largest absolute Gasteiger partial charge is 0.438 e. The summed E-state index contributed by atoms with van der Waals surface area (Å²) in [5.74, 6) is 1.31. The summed E-state index contributed by atoms with van der Waals surface area (Å²) in [5, 5.41) is -0.255. The Labute approximate surface area is 123 Å². The first-order chi connectivity index (χ1) is 9.75. The van der Waals surface area contributed by atoms with E-state index in [1.54, 1.807) is 0 Å². The van der Waals surface area contributed by atoms with E-state index in [0.717, 1.165) is 22.6 Å². The number of benzene rings is 2. The molecule has 3 heteroatoms. The Morgan fingerprint density at radius 3 is 2.00 bits per heavy atom. The van der Waals surface area contributed by atoms with Crippen LogP contribution in [-0.2, 0) is 0 Å². The van der Waals surface area contributed by atoms with Gasteiger partial charge < -0.3 is 4.42 Å². The molecule has 0 fully saturated rings. The van der Waals surface area contributed by atoms with Gasteiger partial charge in [0, 0.05) is 11.1 Å². The number of oxazole rings is 1. The van der Waals surface area contributed by atoms with Crippen molar-refractivity contribution in [3.8, 4) is 22.6 Å². The Morgan fingerprint density at radius 2 is 1.45 bits per heavy atom. The van der Waals surface area contributed by atoms with E-state index in [0.29, 0.717) is 5.89 Å². The smallest absolute Gasteiger partial charge is 0.213 e. The molecule has 1 heterocycles. The van der Waals surface area contributed by atoms with Gasteiger partial charge in [0.05, 0.1) is 0 Å². The van der Waals surface area contributed by atoms with Crippen LogP contribution in [0.2, 0.25) is 0 Å². The molecule has 1 unspecified atom stereocenters. The third kappa shape index (κ3) is 2.47. The van der Waals surface area contributed by atoms with E-state index in [-0.39, 0.29) is 5.38 Å². The van der Waals surface area contributed by atoms with Crippen molar-refractivity contribution >= 4 is 11.6 Å². The predicted molar refractivity (Wildman–Crippen MR) is 81.6 cm³/mol. The molecule has 0 radical (unpaired) electrons. The molecule has 0 aliphatic heterocycles. The Hall–Kier alpha value is -2.06. The topological polar surface area (TPSA) is 26.0 Å². The number of nitrogens with zero attached hydrogens (tertiary/aromatic N) is 1. The van der Waals surface area contributed by atoms with E-state index in [1.165, 1.54) is 0 Å². The Morgan fingerprint density at radius 1 is 0.900 bits per heavy atom. The highest BCUT2D eigenvalue weighted by Crippen LogP contribution is 2.35. The summed E-state index contributed by atoms with van der Waals surface area (Å²) in [6.07, 6.45) is 0. The minimum absolute atomic E-state index is 0.255. The standard InChI is InChI=1S/C17H14ClNO/c1-12(18)17-19-15(13-8-4-2-5-9-13)16(20-17)14-10-6-3-7-11-14/h2-12H,1H3. The molecule has 0 saturated heterocycles. The highest BCUT2D eigenvalue weighted by atomic mass is 35.5. The quantitative estimate of drug-likeness (QED) is 0.609. The fraction of sp³-hybridized carbons (Fsp3) is 0.118. The number of alkyl halides is 1. The zero-order valence-electron chi connectivity index (χ0n) is 11.1. The maximum atomic E-state index is 6.11. The third-order valence-corrected chi connectivity index (χ3v) is 3.25. The van der Waals surface area contributed by atoms with Gasteiger partial charge in [0.1, 0.15) is 11.1 Å². The van der Waals surface area contributed by atoms with Crippen LogP contribution in [0.3, 0.4) is 0 Å². The van der Waals surface area contributed by atoms with Crippen molar-refractivity contribution in [1.82, 2.24) is 4.98 Å². The lowest BCUT2D eigenvalue weighted by atomic mass is 10.1. The molecule has 0 aliphatic carbocycles. The number of hydrogen-bond donors (Lipinski definition) is 0. The van der Waals surface area contributed by atoms with Crippen LogP contribution in [0.1, 0.15) is 18.2 Å². The third-order valence-electron chi connectivity index (χ3n) is 3.07. The van der Waals surface area contributed by atoms with Crippen LogP contribution in [-0.4, -0.2) is 4.98 Å². The van der Waals surface area contributed by atoms with Gasteiger partial charge in [-0.3, -0.25) is 0 Å². The first kappa shape index (κ1) is 12.9. The van der Waals surface area contributed by atoms with Gasteiger partial charge in [-0.25, -0.2) is 4.98 Å². The molecule has 0 bridgehead atoms. The summed E-state index contributed by atoms with van der Waals surface area (Å²) < 4.78 is 5.87. The van der Waals surface area contributed by atoms with Crippen molar-refractivity contribution in [2.24, 2.45) is 0 Å². The fourth-order valence-electron chi connectivity index (χ4n) is 2.08. The molecule has 3 aromatic rings. The van der Waals surface area contributed by atoms with Crippen LogP contribution < -0.4 is 0 Å². The van der Waals surface area contributed by atoms with Gasteiger partial charge in [0.2, 0.25) is 5.89 Å². The molecule has 100 valence electrons. The second-order valence-electron chi connectivity index (χ2n) is 4.58. The van der Waals surface area contributed by atoms with E-state index < -0.39 is 0 Å². The maximum absolute atomic E-state index is 6.11. The van der Waals surface area contributed by atoms with Crippen molar-refractivity contribution in [3.05, 3.63) is 66.6 Å². The zero-order chi connectivity index (χ0) is 13.9. The van der Waals surface area contributed by atoms with Crippen LogP contribution in [0, 0.1) is 0 Å². The normalized spacial score (nSPS) is 12.3. The molecule has 2 nitrogen and oxygen atoms in total. The highest BCUT2D eigenvalue weighted by Gasteiger charge is 2.18. The Kier molecular flexibility index (Phi) is 3.57. The number of aromatic nitrogens is 1. The van der Waals surface area contributed by atoms with Gasteiger partial charge in [-0.15, -0.1) is 11.6 Å². The van der Waals surface area contributed by atoms with Gasteiger partial charge in [-0.2, -0.15) is 0 Å².